The van der Waals surface area contributed by atoms with E-state index in [9.17, 15) is 14.9 Å². The van der Waals surface area contributed by atoms with Gasteiger partial charge in [0.25, 0.3) is 5.69 Å². The Kier molecular flexibility index (Phi) is 6.35. The summed E-state index contributed by atoms with van der Waals surface area (Å²) in [5, 5.41) is 19.6. The van der Waals surface area contributed by atoms with Gasteiger partial charge in [-0.05, 0) is 25.1 Å². The van der Waals surface area contributed by atoms with Crippen molar-refractivity contribution in [3.05, 3.63) is 40.0 Å². The van der Waals surface area contributed by atoms with Gasteiger partial charge in [-0.1, -0.05) is 0 Å². The number of aliphatic carboxylic acids is 1. The molecule has 1 rings (SSSR count). The van der Waals surface area contributed by atoms with Crippen LogP contribution in [-0.2, 0) is 9.53 Å². The van der Waals surface area contributed by atoms with Crippen LogP contribution < -0.4 is 4.90 Å². The first-order chi connectivity index (χ1) is 9.95. The molecule has 0 radical (unpaired) electrons. The minimum absolute atomic E-state index is 0.130. The third-order valence-electron chi connectivity index (χ3n) is 2.83. The molecule has 1 aromatic rings. The number of nitro groups is 1. The second-order valence-electron chi connectivity index (χ2n) is 4.29. The fourth-order valence-electron chi connectivity index (χ4n) is 1.72. The molecule has 0 aliphatic rings. The maximum Gasteiger partial charge on any atom is 0.328 e. The summed E-state index contributed by atoms with van der Waals surface area (Å²) < 4.78 is 5.26. The SMILES string of the molecule is CCOCCN(C)c1ccc([N+](=O)[O-])c(/C=C/C(=O)O)c1. The van der Waals surface area contributed by atoms with Gasteiger partial charge in [-0.15, -0.1) is 0 Å². The fourth-order valence-corrected chi connectivity index (χ4v) is 1.72. The first-order valence-corrected chi connectivity index (χ1v) is 6.44. The molecule has 0 bridgehead atoms. The summed E-state index contributed by atoms with van der Waals surface area (Å²) in [5.41, 5.74) is 0.878. The average Bonchev–Trinajstić information content (AvgIpc) is 2.44. The van der Waals surface area contributed by atoms with E-state index in [1.165, 1.54) is 12.1 Å². The molecule has 7 heteroatoms. The highest BCUT2D eigenvalue weighted by atomic mass is 16.6. The van der Waals surface area contributed by atoms with Crippen molar-refractivity contribution in [1.82, 2.24) is 0 Å². The predicted molar refractivity (Wildman–Crippen MR) is 79.5 cm³/mol. The van der Waals surface area contributed by atoms with Gasteiger partial charge in [0.1, 0.15) is 0 Å². The minimum Gasteiger partial charge on any atom is -0.478 e. The Balaban J connectivity index is 3.00. The van der Waals surface area contributed by atoms with Gasteiger partial charge in [0, 0.05) is 38.0 Å². The number of hydrogen-bond donors (Lipinski definition) is 1. The highest BCUT2D eigenvalue weighted by Crippen LogP contribution is 2.25. The number of hydrogen-bond acceptors (Lipinski definition) is 5. The number of carbonyl (C=O) groups is 1. The van der Waals surface area contributed by atoms with Crippen LogP contribution in [0, 0.1) is 10.1 Å². The van der Waals surface area contributed by atoms with Crippen molar-refractivity contribution in [1.29, 1.82) is 0 Å². The topological polar surface area (TPSA) is 92.9 Å². The zero-order valence-corrected chi connectivity index (χ0v) is 12.0. The molecular formula is C14H18N2O5. The van der Waals surface area contributed by atoms with Gasteiger partial charge in [0.05, 0.1) is 17.1 Å². The lowest BCUT2D eigenvalue weighted by molar-refractivity contribution is -0.385. The number of carboxylic acid groups (broad SMARTS) is 1. The number of nitrogens with zero attached hydrogens (tertiary/aromatic N) is 2. The normalized spacial score (nSPS) is 10.8. The van der Waals surface area contributed by atoms with E-state index in [4.69, 9.17) is 9.84 Å². The third-order valence-corrected chi connectivity index (χ3v) is 2.83. The Bertz CT molecular complexity index is 542. The third kappa shape index (κ3) is 5.23. The highest BCUT2D eigenvalue weighted by Gasteiger charge is 2.13. The van der Waals surface area contributed by atoms with E-state index in [2.05, 4.69) is 0 Å². The van der Waals surface area contributed by atoms with Crippen molar-refractivity contribution in [2.45, 2.75) is 6.92 Å². The van der Waals surface area contributed by atoms with Crippen LogP contribution in [0.2, 0.25) is 0 Å². The van der Waals surface area contributed by atoms with Gasteiger partial charge < -0.3 is 14.7 Å². The molecule has 0 spiro atoms. The van der Waals surface area contributed by atoms with Crippen molar-refractivity contribution < 1.29 is 19.6 Å². The molecule has 0 heterocycles. The maximum absolute atomic E-state index is 10.9. The minimum atomic E-state index is -1.15. The van der Waals surface area contributed by atoms with Gasteiger partial charge in [-0.25, -0.2) is 4.79 Å². The molecule has 0 aliphatic heterocycles. The fraction of sp³-hybridized carbons (Fsp3) is 0.357. The number of benzene rings is 1. The molecule has 114 valence electrons. The maximum atomic E-state index is 10.9. The molecule has 0 saturated carbocycles. The zero-order valence-electron chi connectivity index (χ0n) is 12.0. The van der Waals surface area contributed by atoms with Crippen LogP contribution in [0.1, 0.15) is 12.5 Å². The molecule has 21 heavy (non-hydrogen) atoms. The second-order valence-corrected chi connectivity index (χ2v) is 4.29. The van der Waals surface area contributed by atoms with E-state index >= 15 is 0 Å². The van der Waals surface area contributed by atoms with E-state index in [0.717, 1.165) is 11.8 Å². The lowest BCUT2D eigenvalue weighted by Crippen LogP contribution is -2.22. The predicted octanol–water partition coefficient (Wildman–Crippen LogP) is 2.17. The van der Waals surface area contributed by atoms with E-state index < -0.39 is 10.9 Å². The summed E-state index contributed by atoms with van der Waals surface area (Å²) in [6.45, 7) is 3.71. The van der Waals surface area contributed by atoms with Crippen molar-refractivity contribution in [2.75, 3.05) is 31.7 Å². The molecule has 0 fully saturated rings. The summed E-state index contributed by atoms with van der Waals surface area (Å²) >= 11 is 0. The molecule has 0 unspecified atom stereocenters. The van der Waals surface area contributed by atoms with Crippen molar-refractivity contribution in [3.63, 3.8) is 0 Å². The highest BCUT2D eigenvalue weighted by molar-refractivity contribution is 5.86. The Hall–Kier alpha value is -2.41. The first-order valence-electron chi connectivity index (χ1n) is 6.44. The number of nitro benzene ring substituents is 1. The Labute approximate surface area is 122 Å². The standard InChI is InChI=1S/C14H18N2O5/c1-3-21-9-8-15(2)12-5-6-13(16(19)20)11(10-12)4-7-14(17)18/h4-7,10H,3,8-9H2,1-2H3,(H,17,18)/b7-4+. The molecule has 7 nitrogen and oxygen atoms in total. The summed E-state index contributed by atoms with van der Waals surface area (Å²) in [7, 11) is 1.84. The lowest BCUT2D eigenvalue weighted by atomic mass is 10.1. The van der Waals surface area contributed by atoms with Crippen molar-refractivity contribution in [2.24, 2.45) is 0 Å². The smallest absolute Gasteiger partial charge is 0.328 e. The van der Waals surface area contributed by atoms with Crippen LogP contribution in [0.25, 0.3) is 6.08 Å². The van der Waals surface area contributed by atoms with Gasteiger partial charge >= 0.3 is 5.97 Å². The van der Waals surface area contributed by atoms with Crippen LogP contribution in [0.3, 0.4) is 0 Å². The van der Waals surface area contributed by atoms with E-state index in [1.807, 2.05) is 18.9 Å². The molecule has 0 aromatic heterocycles. The summed E-state index contributed by atoms with van der Waals surface area (Å²) in [6.07, 6.45) is 2.10. The number of likely N-dealkylation sites (N-methyl/N-ethyl adjacent to an activating group) is 1. The number of ether oxygens (including phenoxy) is 1. The first kappa shape index (κ1) is 16.6. The van der Waals surface area contributed by atoms with Crippen molar-refractivity contribution in [3.8, 4) is 0 Å². The summed E-state index contributed by atoms with van der Waals surface area (Å²) in [4.78, 5) is 22.9. The zero-order chi connectivity index (χ0) is 15.8. The Morgan fingerprint density at radius 2 is 2.24 bits per heavy atom. The second kappa shape index (κ2) is 8.01. The average molecular weight is 294 g/mol. The number of carboxylic acids is 1. The van der Waals surface area contributed by atoms with Crippen LogP contribution in [-0.4, -0.2) is 42.8 Å². The van der Waals surface area contributed by atoms with Gasteiger partial charge in [-0.2, -0.15) is 0 Å². The molecule has 0 aliphatic carbocycles. The molecule has 0 saturated heterocycles. The Morgan fingerprint density at radius 1 is 1.52 bits per heavy atom. The summed E-state index contributed by atoms with van der Waals surface area (Å²) in [6, 6.07) is 4.58. The van der Waals surface area contributed by atoms with Gasteiger partial charge in [0.2, 0.25) is 0 Å². The lowest BCUT2D eigenvalue weighted by Gasteiger charge is -2.19. The number of rotatable bonds is 8. The molecule has 0 amide bonds. The largest absolute Gasteiger partial charge is 0.478 e. The molecule has 1 aromatic carbocycles. The van der Waals surface area contributed by atoms with E-state index in [-0.39, 0.29) is 11.3 Å². The molecule has 1 N–H and O–H groups in total. The van der Waals surface area contributed by atoms with Crippen LogP contribution in [0.5, 0.6) is 0 Å². The molecular weight excluding hydrogens is 276 g/mol. The monoisotopic (exact) mass is 294 g/mol. The van der Waals surface area contributed by atoms with Gasteiger partial charge in [0.15, 0.2) is 0 Å². The number of anilines is 1. The van der Waals surface area contributed by atoms with Gasteiger partial charge in [-0.3, -0.25) is 10.1 Å². The van der Waals surface area contributed by atoms with Crippen molar-refractivity contribution >= 4 is 23.4 Å². The quantitative estimate of drug-likeness (QED) is 0.342. The van der Waals surface area contributed by atoms with Crippen LogP contribution in [0.4, 0.5) is 11.4 Å². The Morgan fingerprint density at radius 3 is 2.81 bits per heavy atom. The van der Waals surface area contributed by atoms with Crippen LogP contribution in [0.15, 0.2) is 24.3 Å². The molecule has 0 atom stereocenters. The van der Waals surface area contributed by atoms with E-state index in [0.29, 0.717) is 19.8 Å². The summed E-state index contributed by atoms with van der Waals surface area (Å²) in [5.74, 6) is -1.15. The van der Waals surface area contributed by atoms with Crippen LogP contribution >= 0.6 is 0 Å². The van der Waals surface area contributed by atoms with E-state index in [1.54, 1.807) is 12.1 Å².